The van der Waals surface area contributed by atoms with Crippen LogP contribution in [0.4, 0.5) is 40.5 Å². The van der Waals surface area contributed by atoms with Crippen molar-refractivity contribution in [1.82, 2.24) is 64.3 Å². The van der Waals surface area contributed by atoms with E-state index in [1.807, 2.05) is 87.5 Å². The summed E-state index contributed by atoms with van der Waals surface area (Å²) < 4.78 is 17.8. The van der Waals surface area contributed by atoms with Gasteiger partial charge < -0.3 is 88.7 Å². The second kappa shape index (κ2) is 37.2. The molecule has 0 spiro atoms. The zero-order valence-electron chi connectivity index (χ0n) is 70.6. The Morgan fingerprint density at radius 3 is 1.37 bits per heavy atom. The van der Waals surface area contributed by atoms with Gasteiger partial charge in [0.05, 0.1) is 74.3 Å². The Bertz CT molecular complexity index is 5160. The summed E-state index contributed by atoms with van der Waals surface area (Å²) in [5.41, 5.74) is 10.2. The summed E-state index contributed by atoms with van der Waals surface area (Å²) in [6, 6.07) is 33.1. The van der Waals surface area contributed by atoms with Crippen LogP contribution in [0, 0.1) is 11.8 Å². The number of likely N-dealkylation sites (tertiary alicyclic amines) is 2. The van der Waals surface area contributed by atoms with Crippen LogP contribution < -0.4 is 44.2 Å². The van der Waals surface area contributed by atoms with Crippen LogP contribution in [0.2, 0.25) is 0 Å². The molecule has 8 fully saturated rings. The first-order valence-electron chi connectivity index (χ1n) is 44.4. The van der Waals surface area contributed by atoms with Crippen LogP contribution in [0.15, 0.2) is 141 Å². The van der Waals surface area contributed by atoms with Gasteiger partial charge in [-0.05, 0) is 129 Å². The fourth-order valence-electron chi connectivity index (χ4n) is 19.5. The van der Waals surface area contributed by atoms with E-state index in [1.165, 1.54) is 56.1 Å². The number of ether oxygens (including phenoxy) is 3. The number of pyridine rings is 1. The molecule has 11 aliphatic rings. The molecule has 2 unspecified atom stereocenters. The van der Waals surface area contributed by atoms with Gasteiger partial charge in [0, 0.05) is 231 Å². The molecule has 4 N–H and O–H groups in total. The molecule has 29 nitrogen and oxygen atoms in total. The minimum atomic E-state index is -0.0405. The maximum atomic E-state index is 12.2. The topological polar surface area (TPSA) is 281 Å². The molecule has 5 aromatic carbocycles. The zero-order chi connectivity index (χ0) is 84.0. The fourth-order valence-corrected chi connectivity index (χ4v) is 19.5. The quantitative estimate of drug-likeness (QED) is 0.0363. The van der Waals surface area contributed by atoms with Crippen LogP contribution in [-0.2, 0) is 58.0 Å². The molecule has 0 radical (unpaired) electrons. The standard InChI is InChI=1S/C32H39N7O2.C32H38N6O3.C30H37N7O4/c1-2-30(41)37-15-17-38(18-16-37)31-27-11-14-39(29-20-25(40)19-22-5-3-4-6-26(22)29)21-28(27)34-32(35-31)33-23-9-12-36(13-10-23)24-7-8-24;1-2-30(40)36-11-13-37(14-12-36)31-27-8-10-38(29-18-25(39)17-22-6-3-4-7-26(22)29)21-28(27)33-32(34-31)41-15-5-9-35-19-23-16-24(23)20-35;1-2-27(39)35-10-12-36(13-11-35)29-24-6-9-37(26-20-23(38)19-22-5-3-7-31-28(22)26)21-25(24)32-30(33-29)41-16-4-8-34-14-17-40-18-15-34/h2-6,19-20,23-24,40H,1,7-18,21H2,(H,33,34,35);2-4,6-7,17-18,23-24,39H,1,5,8-16,19-21H2;2-3,5,7,19-20,38H,1,4,6,8-18,21H2. The number of amides is 3. The van der Waals surface area contributed by atoms with Crippen molar-refractivity contribution in [2.75, 3.05) is 212 Å². The molecule has 6 saturated heterocycles. The molecule has 2 aliphatic carbocycles. The van der Waals surface area contributed by atoms with Gasteiger partial charge in [0.2, 0.25) is 23.7 Å². The van der Waals surface area contributed by atoms with Crippen LogP contribution in [0.1, 0.15) is 78.7 Å². The van der Waals surface area contributed by atoms with Crippen molar-refractivity contribution in [2.24, 2.45) is 11.8 Å². The number of piperazine rings is 3. The molecule has 123 heavy (non-hydrogen) atoms. The number of piperidine rings is 2. The highest BCUT2D eigenvalue weighted by Crippen LogP contribution is 2.46. The monoisotopic (exact) mass is 1670 g/mol. The molecule has 4 aromatic heterocycles. The highest BCUT2D eigenvalue weighted by Gasteiger charge is 2.45. The van der Waals surface area contributed by atoms with Gasteiger partial charge in [0.25, 0.3) is 0 Å². The van der Waals surface area contributed by atoms with Crippen molar-refractivity contribution < 1.29 is 43.9 Å². The van der Waals surface area contributed by atoms with E-state index in [-0.39, 0.29) is 35.0 Å². The van der Waals surface area contributed by atoms with Gasteiger partial charge in [-0.25, -0.2) is 4.98 Å². The van der Waals surface area contributed by atoms with Crippen LogP contribution in [0.25, 0.3) is 32.4 Å². The number of nitrogens with one attached hydrogen (secondary N) is 1. The molecule has 9 aromatic rings. The van der Waals surface area contributed by atoms with E-state index in [0.29, 0.717) is 122 Å². The van der Waals surface area contributed by atoms with Crippen molar-refractivity contribution >= 4 is 90.6 Å². The van der Waals surface area contributed by atoms with Gasteiger partial charge in [-0.3, -0.25) is 24.3 Å². The van der Waals surface area contributed by atoms with Gasteiger partial charge >= 0.3 is 12.0 Å². The number of carbonyl (C=O) groups is 3. The molecule has 644 valence electrons. The highest BCUT2D eigenvalue weighted by molar-refractivity contribution is 5.97. The number of anilines is 7. The average molecular weight is 1670 g/mol. The number of aromatic nitrogens is 7. The largest absolute Gasteiger partial charge is 0.508 e. The summed E-state index contributed by atoms with van der Waals surface area (Å²) in [7, 11) is 0. The second-order valence-electron chi connectivity index (χ2n) is 34.3. The van der Waals surface area contributed by atoms with E-state index in [9.17, 15) is 29.7 Å². The van der Waals surface area contributed by atoms with Crippen molar-refractivity contribution in [2.45, 2.75) is 95.9 Å². The number of phenolic OH excluding ortho intramolecular Hbond substituents is 3. The number of phenols is 3. The molecule has 20 rings (SSSR count). The molecule has 9 aliphatic heterocycles. The fraction of sp³-hybridized carbons (Fsp3) is 0.468. The lowest BCUT2D eigenvalue weighted by Gasteiger charge is -2.38. The molecule has 2 atom stereocenters. The van der Waals surface area contributed by atoms with Crippen LogP contribution in [0.3, 0.4) is 0 Å². The zero-order valence-corrected chi connectivity index (χ0v) is 70.6. The van der Waals surface area contributed by atoms with E-state index in [2.05, 4.69) is 86.3 Å². The molecular formula is C94H114N20O9. The highest BCUT2D eigenvalue weighted by atomic mass is 16.5. The molecule has 2 saturated carbocycles. The first-order chi connectivity index (χ1) is 60.2. The lowest BCUT2D eigenvalue weighted by atomic mass is 10.0. The van der Waals surface area contributed by atoms with Crippen molar-refractivity contribution in [3.05, 3.63) is 175 Å². The van der Waals surface area contributed by atoms with E-state index in [0.717, 1.165) is 243 Å². The summed E-state index contributed by atoms with van der Waals surface area (Å²) in [5.74, 6) is 6.08. The van der Waals surface area contributed by atoms with Gasteiger partial charge in [-0.2, -0.15) is 24.9 Å². The van der Waals surface area contributed by atoms with E-state index >= 15 is 0 Å². The van der Waals surface area contributed by atoms with E-state index in [4.69, 9.17) is 44.1 Å². The Balaban J connectivity index is 0.000000126. The van der Waals surface area contributed by atoms with Crippen LogP contribution in [-0.4, -0.2) is 286 Å². The number of hydrogen-bond acceptors (Lipinski definition) is 26. The molecule has 29 heteroatoms. The smallest absolute Gasteiger partial charge is 0.318 e. The Labute approximate surface area is 718 Å². The van der Waals surface area contributed by atoms with Gasteiger partial charge in [0.1, 0.15) is 34.7 Å². The summed E-state index contributed by atoms with van der Waals surface area (Å²) in [5, 5.41) is 40.3. The minimum Gasteiger partial charge on any atom is -0.508 e. The number of morpholine rings is 1. The Morgan fingerprint density at radius 2 is 0.886 bits per heavy atom. The first-order valence-corrected chi connectivity index (χ1v) is 44.4. The minimum absolute atomic E-state index is 0.0109. The Morgan fingerprint density at radius 1 is 0.455 bits per heavy atom. The third-order valence-electron chi connectivity index (χ3n) is 26.4. The van der Waals surface area contributed by atoms with Crippen molar-refractivity contribution in [3.8, 4) is 29.3 Å². The van der Waals surface area contributed by atoms with E-state index < -0.39 is 0 Å². The normalized spacial score (nSPS) is 20.0. The predicted octanol–water partition coefficient (Wildman–Crippen LogP) is 9.45. The van der Waals surface area contributed by atoms with Gasteiger partial charge in [0.15, 0.2) is 0 Å². The lowest BCUT2D eigenvalue weighted by Crippen LogP contribution is -2.49. The third-order valence-corrected chi connectivity index (χ3v) is 26.4. The van der Waals surface area contributed by atoms with Crippen LogP contribution in [0.5, 0.6) is 29.3 Å². The summed E-state index contributed by atoms with van der Waals surface area (Å²) in [4.78, 5) is 97.9. The summed E-state index contributed by atoms with van der Waals surface area (Å²) in [6.07, 6.45) is 16.5. The number of rotatable bonds is 22. The molecule has 0 bridgehead atoms. The second-order valence-corrected chi connectivity index (χ2v) is 34.3. The number of aromatic hydroxyl groups is 3. The van der Waals surface area contributed by atoms with Crippen molar-refractivity contribution in [1.29, 1.82) is 0 Å². The Hall–Kier alpha value is -11.7. The number of fused-ring (bicyclic) bond motifs is 7. The van der Waals surface area contributed by atoms with E-state index in [1.54, 1.807) is 18.3 Å². The number of carbonyl (C=O) groups excluding carboxylic acids is 3. The Kier molecular flexibility index (Phi) is 24.9. The molecular weight excluding hydrogens is 1550 g/mol. The van der Waals surface area contributed by atoms with Crippen LogP contribution >= 0.6 is 0 Å². The van der Waals surface area contributed by atoms with Gasteiger partial charge in [-0.15, -0.1) is 0 Å². The summed E-state index contributed by atoms with van der Waals surface area (Å²) >= 11 is 0. The SMILES string of the molecule is C=CC(=O)N1CCN(c2nc(NC3CCN(C4CC4)CC3)nc3c2CCN(c2cc(O)cc4ccccc24)C3)CC1.C=CC(=O)N1CCN(c2nc(OCCCN3CC4CC4C3)nc3c2CCN(c2cc(O)cc4ccccc24)C3)CC1.C=CC(=O)N1CCN(c2nc(OCCCN3CCOCC3)nc3c2CCN(c2cc(O)cc4cccnc24)C3)CC1. The molecule has 13 heterocycles. The first kappa shape index (κ1) is 82.3. The average Bonchev–Trinajstić information content (AvgIpc) is 1.30. The third kappa shape index (κ3) is 19.0. The predicted molar refractivity (Wildman–Crippen MR) is 479 cm³/mol. The number of hydrogen-bond donors (Lipinski definition) is 4. The maximum absolute atomic E-state index is 12.2. The number of nitrogens with zero attached hydrogens (tertiary/aromatic N) is 19. The molecule has 3 amide bonds. The van der Waals surface area contributed by atoms with Gasteiger partial charge in [-0.1, -0.05) is 74.3 Å². The lowest BCUT2D eigenvalue weighted by molar-refractivity contribution is -0.127. The summed E-state index contributed by atoms with van der Waals surface area (Å²) in [6.45, 7) is 34.5. The number of benzene rings is 5. The van der Waals surface area contributed by atoms with Crippen molar-refractivity contribution in [3.63, 3.8) is 0 Å². The maximum Gasteiger partial charge on any atom is 0.318 e.